The number of fused-ring (bicyclic) bond motifs is 3. The minimum absolute atomic E-state index is 0.163. The van der Waals surface area contributed by atoms with E-state index in [0.29, 0.717) is 26.8 Å². The van der Waals surface area contributed by atoms with Crippen molar-refractivity contribution in [3.63, 3.8) is 0 Å². The maximum absolute atomic E-state index is 12.2. The second kappa shape index (κ2) is 5.82. The van der Waals surface area contributed by atoms with Crippen LogP contribution in [0.5, 0.6) is 0 Å². The highest BCUT2D eigenvalue weighted by Crippen LogP contribution is 2.33. The van der Waals surface area contributed by atoms with E-state index in [1.54, 1.807) is 30.5 Å². The first-order valence-corrected chi connectivity index (χ1v) is 8.01. The number of nitrogens with one attached hydrogen (secondary N) is 2. The minimum atomic E-state index is -0.163. The monoisotopic (exact) mass is 355 g/mol. The van der Waals surface area contributed by atoms with Crippen molar-refractivity contribution in [1.82, 2.24) is 9.97 Å². The first-order valence-electron chi connectivity index (χ1n) is 7.25. The molecule has 0 aliphatic carbocycles. The number of benzene rings is 2. The van der Waals surface area contributed by atoms with E-state index in [1.807, 2.05) is 24.3 Å². The fourth-order valence-corrected chi connectivity index (χ4v) is 3.08. The third-order valence-corrected chi connectivity index (χ3v) is 4.39. The van der Waals surface area contributed by atoms with Gasteiger partial charge in [0, 0.05) is 27.4 Å². The van der Waals surface area contributed by atoms with Crippen LogP contribution in [0.3, 0.4) is 0 Å². The molecule has 0 radical (unpaired) electrons. The first kappa shape index (κ1) is 15.0. The van der Waals surface area contributed by atoms with Gasteiger partial charge in [-0.2, -0.15) is 0 Å². The van der Waals surface area contributed by atoms with E-state index in [0.717, 1.165) is 16.5 Å². The number of rotatable bonds is 2. The number of anilines is 2. The molecule has 2 aromatic heterocycles. The molecule has 2 aromatic carbocycles. The summed E-state index contributed by atoms with van der Waals surface area (Å²) in [6.07, 6.45) is 1.63. The Labute approximate surface area is 147 Å². The maximum atomic E-state index is 12.2. The molecule has 6 heteroatoms. The number of H-pyrrole nitrogens is 1. The van der Waals surface area contributed by atoms with Crippen LogP contribution in [-0.2, 0) is 0 Å². The van der Waals surface area contributed by atoms with Crippen molar-refractivity contribution in [2.45, 2.75) is 0 Å². The maximum Gasteiger partial charge on any atom is 0.257 e. The summed E-state index contributed by atoms with van der Waals surface area (Å²) in [6, 6.07) is 14.5. The molecule has 0 amide bonds. The third-order valence-electron chi connectivity index (χ3n) is 3.82. The Hall–Kier alpha value is -2.56. The lowest BCUT2D eigenvalue weighted by Crippen LogP contribution is -2.08. The van der Waals surface area contributed by atoms with E-state index in [9.17, 15) is 4.79 Å². The van der Waals surface area contributed by atoms with Crippen molar-refractivity contribution in [3.05, 3.63) is 75.1 Å². The number of pyridine rings is 2. The van der Waals surface area contributed by atoms with E-state index in [-0.39, 0.29) is 5.56 Å². The Morgan fingerprint density at radius 3 is 2.58 bits per heavy atom. The van der Waals surface area contributed by atoms with Gasteiger partial charge in [0.25, 0.3) is 5.56 Å². The van der Waals surface area contributed by atoms with Crippen molar-refractivity contribution >= 4 is 56.4 Å². The highest BCUT2D eigenvalue weighted by Gasteiger charge is 2.11. The second-order valence-electron chi connectivity index (χ2n) is 5.33. The van der Waals surface area contributed by atoms with E-state index in [2.05, 4.69) is 15.3 Å². The van der Waals surface area contributed by atoms with Gasteiger partial charge in [0.05, 0.1) is 16.4 Å². The van der Waals surface area contributed by atoms with Gasteiger partial charge in [0.15, 0.2) is 0 Å². The fourth-order valence-electron chi connectivity index (χ4n) is 2.75. The third kappa shape index (κ3) is 2.50. The molecule has 4 aromatic rings. The molecule has 0 saturated heterocycles. The van der Waals surface area contributed by atoms with Crippen molar-refractivity contribution in [2.24, 2.45) is 0 Å². The number of hydrogen-bond acceptors (Lipinski definition) is 3. The van der Waals surface area contributed by atoms with Crippen LogP contribution in [0.25, 0.3) is 21.8 Å². The van der Waals surface area contributed by atoms with Gasteiger partial charge in [-0.25, -0.2) is 4.98 Å². The molecule has 0 unspecified atom stereocenters. The molecule has 2 heterocycles. The summed E-state index contributed by atoms with van der Waals surface area (Å²) in [5, 5.41) is 6.68. The van der Waals surface area contributed by atoms with E-state index < -0.39 is 0 Å². The molecule has 24 heavy (non-hydrogen) atoms. The molecule has 4 rings (SSSR count). The van der Waals surface area contributed by atoms with Crippen LogP contribution >= 0.6 is 23.2 Å². The number of hydrogen-bond donors (Lipinski definition) is 2. The van der Waals surface area contributed by atoms with Gasteiger partial charge in [-0.05, 0) is 30.3 Å². The Kier molecular flexibility index (Phi) is 3.63. The number of halogens is 2. The fraction of sp³-hybridized carbons (Fsp3) is 0. The molecule has 0 aliphatic rings. The van der Waals surface area contributed by atoms with Crippen LogP contribution in [0.1, 0.15) is 0 Å². The van der Waals surface area contributed by atoms with Crippen molar-refractivity contribution in [1.29, 1.82) is 0 Å². The van der Waals surface area contributed by atoms with Crippen molar-refractivity contribution in [2.75, 3.05) is 5.32 Å². The zero-order chi connectivity index (χ0) is 16.7. The van der Waals surface area contributed by atoms with Crippen LogP contribution in [0.4, 0.5) is 11.4 Å². The lowest BCUT2D eigenvalue weighted by molar-refractivity contribution is 1.25. The summed E-state index contributed by atoms with van der Waals surface area (Å²) in [5.41, 5.74) is 1.83. The Bertz CT molecular complexity index is 1140. The van der Waals surface area contributed by atoms with Crippen LogP contribution in [0.15, 0.2) is 59.5 Å². The summed E-state index contributed by atoms with van der Waals surface area (Å²) in [6.45, 7) is 0. The SMILES string of the molecule is O=c1[nH]c2nccc(Nc3cc(Cl)ccc3Cl)c2c2ccccc12. The molecule has 0 fully saturated rings. The van der Waals surface area contributed by atoms with Crippen molar-refractivity contribution < 1.29 is 0 Å². The molecule has 118 valence electrons. The molecule has 0 saturated carbocycles. The number of nitrogens with zero attached hydrogens (tertiary/aromatic N) is 1. The van der Waals surface area contributed by atoms with Gasteiger partial charge in [-0.3, -0.25) is 4.79 Å². The van der Waals surface area contributed by atoms with Crippen LogP contribution < -0.4 is 10.9 Å². The molecular weight excluding hydrogens is 345 g/mol. The van der Waals surface area contributed by atoms with E-state index in [1.165, 1.54) is 0 Å². The van der Waals surface area contributed by atoms with E-state index >= 15 is 0 Å². The molecule has 0 aliphatic heterocycles. The number of aromatic nitrogens is 2. The van der Waals surface area contributed by atoms with Crippen LogP contribution in [-0.4, -0.2) is 9.97 Å². The molecule has 0 bridgehead atoms. The van der Waals surface area contributed by atoms with Crippen molar-refractivity contribution in [3.8, 4) is 0 Å². The molecule has 2 N–H and O–H groups in total. The van der Waals surface area contributed by atoms with Gasteiger partial charge in [0.1, 0.15) is 5.65 Å². The largest absolute Gasteiger partial charge is 0.354 e. The predicted molar refractivity (Wildman–Crippen MR) is 99.6 cm³/mol. The zero-order valence-electron chi connectivity index (χ0n) is 12.3. The summed E-state index contributed by atoms with van der Waals surface area (Å²) in [7, 11) is 0. The Morgan fingerprint density at radius 1 is 0.958 bits per heavy atom. The normalized spacial score (nSPS) is 11.1. The summed E-state index contributed by atoms with van der Waals surface area (Å²) < 4.78 is 0. The Balaban J connectivity index is 2.01. The smallest absolute Gasteiger partial charge is 0.257 e. The van der Waals surface area contributed by atoms with Crippen LogP contribution in [0, 0.1) is 0 Å². The highest BCUT2D eigenvalue weighted by atomic mass is 35.5. The average molecular weight is 356 g/mol. The standard InChI is InChI=1S/C18H11Cl2N3O/c19-10-5-6-13(20)15(9-10)22-14-7-8-21-17-16(14)11-3-1-2-4-12(11)18(24)23-17/h1-9H,(H2,21,22,23,24). The van der Waals surface area contributed by atoms with E-state index in [4.69, 9.17) is 23.2 Å². The molecular formula is C18H11Cl2N3O. The Morgan fingerprint density at radius 2 is 1.75 bits per heavy atom. The first-order chi connectivity index (χ1) is 11.6. The highest BCUT2D eigenvalue weighted by molar-refractivity contribution is 6.35. The van der Waals surface area contributed by atoms with Gasteiger partial charge in [-0.1, -0.05) is 41.4 Å². The second-order valence-corrected chi connectivity index (χ2v) is 6.17. The van der Waals surface area contributed by atoms with Crippen LogP contribution in [0.2, 0.25) is 10.0 Å². The molecule has 4 nitrogen and oxygen atoms in total. The summed E-state index contributed by atoms with van der Waals surface area (Å²) in [4.78, 5) is 19.3. The van der Waals surface area contributed by atoms with Gasteiger partial charge < -0.3 is 10.3 Å². The quantitative estimate of drug-likeness (QED) is 0.490. The van der Waals surface area contributed by atoms with Gasteiger partial charge in [0.2, 0.25) is 0 Å². The molecule has 0 atom stereocenters. The summed E-state index contributed by atoms with van der Waals surface area (Å²) >= 11 is 12.3. The topological polar surface area (TPSA) is 57.8 Å². The lowest BCUT2D eigenvalue weighted by Gasteiger charge is -2.12. The predicted octanol–water partition coefficient (Wildman–Crippen LogP) is 5.13. The zero-order valence-corrected chi connectivity index (χ0v) is 13.8. The lowest BCUT2D eigenvalue weighted by atomic mass is 10.1. The average Bonchev–Trinajstić information content (AvgIpc) is 2.58. The summed E-state index contributed by atoms with van der Waals surface area (Å²) in [5.74, 6) is 0. The number of aromatic amines is 1. The van der Waals surface area contributed by atoms with Gasteiger partial charge >= 0.3 is 0 Å². The minimum Gasteiger partial charge on any atom is -0.354 e. The van der Waals surface area contributed by atoms with Gasteiger partial charge in [-0.15, -0.1) is 0 Å². The molecule has 0 spiro atoms.